The van der Waals surface area contributed by atoms with Crippen molar-refractivity contribution in [2.75, 3.05) is 13.1 Å². The fourth-order valence-corrected chi connectivity index (χ4v) is 3.24. The fourth-order valence-electron chi connectivity index (χ4n) is 3.06. The Kier molecular flexibility index (Phi) is 3.83. The molecule has 1 saturated heterocycles. The lowest BCUT2D eigenvalue weighted by Gasteiger charge is -2.15. The van der Waals surface area contributed by atoms with Crippen LogP contribution < -0.4 is 0 Å². The Morgan fingerprint density at radius 1 is 1.41 bits per heavy atom. The van der Waals surface area contributed by atoms with E-state index in [-0.39, 0.29) is 18.2 Å². The number of fused-ring (bicyclic) bond motifs is 1. The first-order chi connectivity index (χ1) is 10.5. The van der Waals surface area contributed by atoms with Crippen molar-refractivity contribution in [3.05, 3.63) is 35.0 Å². The number of carboxylic acids is 1. The second-order valence-corrected chi connectivity index (χ2v) is 6.34. The molecule has 2 N–H and O–H groups in total. The number of likely N-dealkylation sites (tertiary alicyclic amines) is 1. The number of hydrogen-bond acceptors (Lipinski definition) is 2. The lowest BCUT2D eigenvalue weighted by molar-refractivity contribution is -0.142. The second-order valence-electron chi connectivity index (χ2n) is 5.90. The molecule has 1 amide bonds. The summed E-state index contributed by atoms with van der Waals surface area (Å²) in [5.74, 6) is -1.36. The molecule has 0 unspecified atom stereocenters. The summed E-state index contributed by atoms with van der Waals surface area (Å²) < 4.78 is 0. The number of carboxylic acid groups (broad SMARTS) is 1. The molecule has 0 saturated carbocycles. The maximum absolute atomic E-state index is 12.4. The van der Waals surface area contributed by atoms with Gasteiger partial charge >= 0.3 is 5.97 Å². The molecule has 116 valence electrons. The highest BCUT2D eigenvalue weighted by Crippen LogP contribution is 2.26. The van der Waals surface area contributed by atoms with Crippen molar-refractivity contribution in [3.8, 4) is 0 Å². The molecule has 1 aromatic carbocycles. The number of aromatic nitrogens is 1. The van der Waals surface area contributed by atoms with E-state index in [2.05, 4.69) is 4.98 Å². The number of carbonyl (C=O) groups excluding carboxylic acids is 1. The number of aromatic amines is 1. The molecule has 2 atom stereocenters. The molecule has 1 aliphatic rings. The number of nitrogens with zero attached hydrogens (tertiary/aromatic N) is 1. The predicted molar refractivity (Wildman–Crippen MR) is 83.9 cm³/mol. The molecule has 1 fully saturated rings. The minimum Gasteiger partial charge on any atom is -0.481 e. The summed E-state index contributed by atoms with van der Waals surface area (Å²) in [6, 6.07) is 5.51. The summed E-state index contributed by atoms with van der Waals surface area (Å²) in [7, 11) is 0. The molecule has 0 bridgehead atoms. The van der Waals surface area contributed by atoms with Gasteiger partial charge in [-0.15, -0.1) is 0 Å². The number of aliphatic carboxylic acids is 1. The Balaban J connectivity index is 1.76. The van der Waals surface area contributed by atoms with Gasteiger partial charge in [-0.3, -0.25) is 9.59 Å². The SMILES string of the molecule is C[C@@H]1CN(C(=O)Cc2c[nH]c3ccc(Cl)cc23)C[C@H]1C(=O)O. The van der Waals surface area contributed by atoms with E-state index in [9.17, 15) is 9.59 Å². The maximum atomic E-state index is 12.4. The third-order valence-corrected chi connectivity index (χ3v) is 4.59. The van der Waals surface area contributed by atoms with Gasteiger partial charge in [0, 0.05) is 35.2 Å². The van der Waals surface area contributed by atoms with Crippen LogP contribution in [0.3, 0.4) is 0 Å². The molecule has 2 aromatic rings. The molecule has 1 aliphatic heterocycles. The maximum Gasteiger partial charge on any atom is 0.308 e. The summed E-state index contributed by atoms with van der Waals surface area (Å²) in [4.78, 5) is 28.4. The van der Waals surface area contributed by atoms with Crippen LogP contribution in [-0.2, 0) is 16.0 Å². The second kappa shape index (κ2) is 5.65. The average molecular weight is 321 g/mol. The van der Waals surface area contributed by atoms with E-state index in [1.54, 1.807) is 11.0 Å². The Bertz CT molecular complexity index is 740. The van der Waals surface area contributed by atoms with Gasteiger partial charge in [-0.1, -0.05) is 18.5 Å². The predicted octanol–water partition coefficient (Wildman–Crippen LogP) is 2.54. The van der Waals surface area contributed by atoms with Crippen LogP contribution >= 0.6 is 11.6 Å². The number of nitrogens with one attached hydrogen (secondary N) is 1. The third kappa shape index (κ3) is 2.68. The summed E-state index contributed by atoms with van der Waals surface area (Å²) in [5, 5.41) is 10.7. The van der Waals surface area contributed by atoms with E-state index in [0.29, 0.717) is 18.1 Å². The first-order valence-corrected chi connectivity index (χ1v) is 7.59. The van der Waals surface area contributed by atoms with Gasteiger partial charge in [0.25, 0.3) is 0 Å². The average Bonchev–Trinajstić information content (AvgIpc) is 3.03. The van der Waals surface area contributed by atoms with Crippen molar-refractivity contribution < 1.29 is 14.7 Å². The monoisotopic (exact) mass is 320 g/mol. The molecule has 5 nitrogen and oxygen atoms in total. The molecule has 0 spiro atoms. The van der Waals surface area contributed by atoms with Crippen LogP contribution in [0.1, 0.15) is 12.5 Å². The first kappa shape index (κ1) is 14.9. The van der Waals surface area contributed by atoms with Crippen molar-refractivity contribution >= 4 is 34.4 Å². The molecular formula is C16H17ClN2O3. The Morgan fingerprint density at radius 2 is 2.18 bits per heavy atom. The van der Waals surface area contributed by atoms with E-state index in [1.807, 2.05) is 25.3 Å². The highest BCUT2D eigenvalue weighted by Gasteiger charge is 2.36. The van der Waals surface area contributed by atoms with Crippen LogP contribution in [0.4, 0.5) is 0 Å². The van der Waals surface area contributed by atoms with Crippen LogP contribution in [0.15, 0.2) is 24.4 Å². The largest absolute Gasteiger partial charge is 0.481 e. The van der Waals surface area contributed by atoms with Crippen LogP contribution in [-0.4, -0.2) is 40.0 Å². The van der Waals surface area contributed by atoms with Crippen molar-refractivity contribution in [3.63, 3.8) is 0 Å². The van der Waals surface area contributed by atoms with Gasteiger partial charge in [-0.05, 0) is 29.7 Å². The van der Waals surface area contributed by atoms with Crippen molar-refractivity contribution in [2.24, 2.45) is 11.8 Å². The van der Waals surface area contributed by atoms with E-state index in [0.717, 1.165) is 16.5 Å². The number of halogens is 1. The first-order valence-electron chi connectivity index (χ1n) is 7.22. The summed E-state index contributed by atoms with van der Waals surface area (Å²) >= 11 is 6.01. The normalized spacial score (nSPS) is 21.5. The van der Waals surface area contributed by atoms with Crippen LogP contribution in [0, 0.1) is 11.8 Å². The fraction of sp³-hybridized carbons (Fsp3) is 0.375. The van der Waals surface area contributed by atoms with Gasteiger partial charge in [0.1, 0.15) is 0 Å². The van der Waals surface area contributed by atoms with E-state index < -0.39 is 11.9 Å². The summed E-state index contributed by atoms with van der Waals surface area (Å²) in [5.41, 5.74) is 1.82. The van der Waals surface area contributed by atoms with Crippen molar-refractivity contribution in [1.82, 2.24) is 9.88 Å². The molecular weight excluding hydrogens is 304 g/mol. The minimum atomic E-state index is -0.832. The summed E-state index contributed by atoms with van der Waals surface area (Å²) in [6.45, 7) is 2.66. The number of amides is 1. The summed E-state index contributed by atoms with van der Waals surface area (Å²) in [6.07, 6.45) is 2.06. The van der Waals surface area contributed by atoms with E-state index in [1.165, 1.54) is 0 Å². The van der Waals surface area contributed by atoms with Gasteiger partial charge in [0.15, 0.2) is 0 Å². The molecule has 6 heteroatoms. The Hall–Kier alpha value is -2.01. The van der Waals surface area contributed by atoms with Crippen LogP contribution in [0.25, 0.3) is 10.9 Å². The smallest absolute Gasteiger partial charge is 0.308 e. The molecule has 22 heavy (non-hydrogen) atoms. The quantitative estimate of drug-likeness (QED) is 0.912. The van der Waals surface area contributed by atoms with Gasteiger partial charge in [0.05, 0.1) is 12.3 Å². The molecule has 0 radical (unpaired) electrons. The van der Waals surface area contributed by atoms with E-state index in [4.69, 9.17) is 16.7 Å². The standard InChI is InChI=1S/C16H17ClN2O3/c1-9-7-19(8-13(9)16(21)22)15(20)4-10-6-18-14-3-2-11(17)5-12(10)14/h2-3,5-6,9,13,18H,4,7-8H2,1H3,(H,21,22)/t9-,13-/m1/s1. The zero-order valence-electron chi connectivity index (χ0n) is 12.2. The van der Waals surface area contributed by atoms with Gasteiger partial charge in [-0.25, -0.2) is 0 Å². The molecule has 1 aromatic heterocycles. The Labute approximate surface area is 132 Å². The van der Waals surface area contributed by atoms with Crippen molar-refractivity contribution in [1.29, 1.82) is 0 Å². The Morgan fingerprint density at radius 3 is 2.86 bits per heavy atom. The number of carbonyl (C=O) groups is 2. The third-order valence-electron chi connectivity index (χ3n) is 4.35. The number of rotatable bonds is 3. The zero-order chi connectivity index (χ0) is 15.9. The van der Waals surface area contributed by atoms with Gasteiger partial charge in [-0.2, -0.15) is 0 Å². The number of benzene rings is 1. The lowest BCUT2D eigenvalue weighted by Crippen LogP contribution is -2.31. The van der Waals surface area contributed by atoms with Crippen molar-refractivity contribution in [2.45, 2.75) is 13.3 Å². The van der Waals surface area contributed by atoms with Gasteiger partial charge in [0.2, 0.25) is 5.91 Å². The highest BCUT2D eigenvalue weighted by molar-refractivity contribution is 6.31. The topological polar surface area (TPSA) is 73.4 Å². The molecule has 0 aliphatic carbocycles. The van der Waals surface area contributed by atoms with E-state index >= 15 is 0 Å². The number of hydrogen-bond donors (Lipinski definition) is 2. The number of H-pyrrole nitrogens is 1. The molecule has 2 heterocycles. The van der Waals surface area contributed by atoms with Gasteiger partial charge < -0.3 is 15.0 Å². The van der Waals surface area contributed by atoms with Crippen LogP contribution in [0.2, 0.25) is 5.02 Å². The lowest BCUT2D eigenvalue weighted by atomic mass is 9.99. The molecule has 3 rings (SSSR count). The zero-order valence-corrected chi connectivity index (χ0v) is 12.9. The minimum absolute atomic E-state index is 0.0149. The van der Waals surface area contributed by atoms with Crippen LogP contribution in [0.5, 0.6) is 0 Å². The highest BCUT2D eigenvalue weighted by atomic mass is 35.5.